The second-order valence-corrected chi connectivity index (χ2v) is 5.31. The Morgan fingerprint density at radius 3 is 2.85 bits per heavy atom. The number of fused-ring (bicyclic) bond motifs is 1. The Hall–Kier alpha value is -1.71. The summed E-state index contributed by atoms with van der Waals surface area (Å²) in [7, 11) is 0. The van der Waals surface area contributed by atoms with Crippen molar-refractivity contribution in [3.8, 4) is 0 Å². The van der Waals surface area contributed by atoms with Gasteiger partial charge in [0.25, 0.3) is 0 Å². The molecule has 0 radical (unpaired) electrons. The standard InChI is InChI=1S/C16H13ClFNO/c17-11-5-6-13(15(18)7-11)16(20)14-9-19-8-10-3-1-2-4-12(10)14/h1-7,14,19H,8-9H2. The number of carbonyl (C=O) groups excluding carboxylic acids is 1. The van der Waals surface area contributed by atoms with E-state index in [0.717, 1.165) is 17.7 Å². The molecule has 0 saturated heterocycles. The summed E-state index contributed by atoms with van der Waals surface area (Å²) in [5.41, 5.74) is 2.16. The van der Waals surface area contributed by atoms with Crippen molar-refractivity contribution in [3.63, 3.8) is 0 Å². The highest BCUT2D eigenvalue weighted by Crippen LogP contribution is 2.28. The van der Waals surface area contributed by atoms with Gasteiger partial charge in [-0.25, -0.2) is 4.39 Å². The number of Topliss-reactive ketones (excluding diaryl/α,β-unsaturated/α-hetero) is 1. The van der Waals surface area contributed by atoms with Gasteiger partial charge in [-0.2, -0.15) is 0 Å². The molecule has 1 heterocycles. The number of nitrogens with one attached hydrogen (secondary N) is 1. The van der Waals surface area contributed by atoms with Crippen LogP contribution in [-0.4, -0.2) is 12.3 Å². The highest BCUT2D eigenvalue weighted by Gasteiger charge is 2.28. The van der Waals surface area contributed by atoms with Crippen LogP contribution in [0.25, 0.3) is 0 Å². The van der Waals surface area contributed by atoms with Gasteiger partial charge in [-0.3, -0.25) is 4.79 Å². The number of carbonyl (C=O) groups is 1. The molecule has 1 aliphatic heterocycles. The van der Waals surface area contributed by atoms with Crippen LogP contribution in [0.3, 0.4) is 0 Å². The maximum Gasteiger partial charge on any atom is 0.174 e. The third kappa shape index (κ3) is 2.35. The maximum absolute atomic E-state index is 13.9. The lowest BCUT2D eigenvalue weighted by Crippen LogP contribution is -2.33. The molecule has 4 heteroatoms. The topological polar surface area (TPSA) is 29.1 Å². The molecule has 1 N–H and O–H groups in total. The first kappa shape index (κ1) is 13.3. The van der Waals surface area contributed by atoms with Crippen LogP contribution in [-0.2, 0) is 6.54 Å². The lowest BCUT2D eigenvalue weighted by Gasteiger charge is -2.25. The second kappa shape index (κ2) is 5.35. The molecule has 0 saturated carbocycles. The van der Waals surface area contributed by atoms with Crippen LogP contribution in [0.5, 0.6) is 0 Å². The predicted octanol–water partition coefficient (Wildman–Crippen LogP) is 3.55. The fraction of sp³-hybridized carbons (Fsp3) is 0.188. The van der Waals surface area contributed by atoms with Crippen LogP contribution in [0.15, 0.2) is 42.5 Å². The fourth-order valence-corrected chi connectivity index (χ4v) is 2.77. The van der Waals surface area contributed by atoms with E-state index in [1.807, 2.05) is 24.3 Å². The second-order valence-electron chi connectivity index (χ2n) is 4.87. The van der Waals surface area contributed by atoms with E-state index in [2.05, 4.69) is 5.32 Å². The Labute approximate surface area is 121 Å². The minimum atomic E-state index is -0.564. The molecule has 1 atom stereocenters. The fourth-order valence-electron chi connectivity index (χ4n) is 2.61. The van der Waals surface area contributed by atoms with Crippen molar-refractivity contribution in [2.24, 2.45) is 0 Å². The van der Waals surface area contributed by atoms with E-state index in [1.54, 1.807) is 6.07 Å². The monoisotopic (exact) mass is 289 g/mol. The zero-order chi connectivity index (χ0) is 14.1. The summed E-state index contributed by atoms with van der Waals surface area (Å²) in [4.78, 5) is 12.6. The Morgan fingerprint density at radius 1 is 1.25 bits per heavy atom. The summed E-state index contributed by atoms with van der Waals surface area (Å²) < 4.78 is 13.9. The third-order valence-electron chi connectivity index (χ3n) is 3.61. The van der Waals surface area contributed by atoms with Crippen molar-refractivity contribution in [1.82, 2.24) is 5.32 Å². The molecule has 0 spiro atoms. The summed E-state index contributed by atoms with van der Waals surface area (Å²) >= 11 is 5.72. The van der Waals surface area contributed by atoms with Crippen molar-refractivity contribution < 1.29 is 9.18 Å². The van der Waals surface area contributed by atoms with E-state index in [-0.39, 0.29) is 17.3 Å². The van der Waals surface area contributed by atoms with E-state index < -0.39 is 5.82 Å². The van der Waals surface area contributed by atoms with E-state index in [4.69, 9.17) is 11.6 Å². The first-order valence-electron chi connectivity index (χ1n) is 6.44. The molecule has 2 aromatic carbocycles. The molecule has 1 unspecified atom stereocenters. The summed E-state index contributed by atoms with van der Waals surface area (Å²) in [6.45, 7) is 1.26. The van der Waals surface area contributed by atoms with Gasteiger partial charge >= 0.3 is 0 Å². The summed E-state index contributed by atoms with van der Waals surface area (Å²) in [5, 5.41) is 3.50. The van der Waals surface area contributed by atoms with Crippen LogP contribution in [0.2, 0.25) is 5.02 Å². The molecule has 2 aromatic rings. The molecule has 0 amide bonds. The van der Waals surface area contributed by atoms with E-state index in [9.17, 15) is 9.18 Å². The maximum atomic E-state index is 13.9. The van der Waals surface area contributed by atoms with E-state index in [0.29, 0.717) is 11.6 Å². The van der Waals surface area contributed by atoms with Crippen LogP contribution >= 0.6 is 11.6 Å². The number of rotatable bonds is 2. The van der Waals surface area contributed by atoms with Gasteiger partial charge in [-0.05, 0) is 29.3 Å². The Balaban J connectivity index is 2.00. The van der Waals surface area contributed by atoms with Gasteiger partial charge in [-0.15, -0.1) is 0 Å². The van der Waals surface area contributed by atoms with Gasteiger partial charge in [0.2, 0.25) is 0 Å². The number of hydrogen-bond donors (Lipinski definition) is 1. The zero-order valence-electron chi connectivity index (χ0n) is 10.7. The number of halogens is 2. The molecule has 3 rings (SSSR count). The third-order valence-corrected chi connectivity index (χ3v) is 3.84. The van der Waals surface area contributed by atoms with Crippen LogP contribution < -0.4 is 5.32 Å². The number of benzene rings is 2. The first-order valence-corrected chi connectivity index (χ1v) is 6.82. The van der Waals surface area contributed by atoms with E-state index >= 15 is 0 Å². The number of ketones is 1. The Morgan fingerprint density at radius 2 is 2.05 bits per heavy atom. The van der Waals surface area contributed by atoms with Crippen molar-refractivity contribution in [2.45, 2.75) is 12.5 Å². The molecule has 20 heavy (non-hydrogen) atoms. The Kier molecular flexibility index (Phi) is 3.55. The summed E-state index contributed by atoms with van der Waals surface area (Å²) in [5.74, 6) is -1.13. The van der Waals surface area contributed by atoms with Gasteiger partial charge in [0.05, 0.1) is 11.5 Å². The molecule has 2 nitrogen and oxygen atoms in total. The Bertz CT molecular complexity index is 671. The predicted molar refractivity (Wildman–Crippen MR) is 76.6 cm³/mol. The molecule has 1 aliphatic rings. The van der Waals surface area contributed by atoms with Crippen LogP contribution in [0, 0.1) is 5.82 Å². The van der Waals surface area contributed by atoms with Gasteiger partial charge < -0.3 is 5.32 Å². The largest absolute Gasteiger partial charge is 0.312 e. The van der Waals surface area contributed by atoms with Gasteiger partial charge in [0, 0.05) is 18.1 Å². The van der Waals surface area contributed by atoms with E-state index in [1.165, 1.54) is 12.1 Å². The summed E-state index contributed by atoms with van der Waals surface area (Å²) in [6, 6.07) is 11.9. The average Bonchev–Trinajstić information content (AvgIpc) is 2.46. The van der Waals surface area contributed by atoms with Gasteiger partial charge in [-0.1, -0.05) is 35.9 Å². The minimum absolute atomic E-state index is 0.0953. The molecule has 0 bridgehead atoms. The molecule has 0 aliphatic carbocycles. The highest BCUT2D eigenvalue weighted by atomic mass is 35.5. The van der Waals surface area contributed by atoms with Crippen molar-refractivity contribution >= 4 is 17.4 Å². The minimum Gasteiger partial charge on any atom is -0.312 e. The normalized spacial score (nSPS) is 17.6. The molecular weight excluding hydrogens is 277 g/mol. The number of hydrogen-bond acceptors (Lipinski definition) is 2. The van der Waals surface area contributed by atoms with Crippen LogP contribution in [0.4, 0.5) is 4.39 Å². The molecule has 0 aromatic heterocycles. The average molecular weight is 290 g/mol. The van der Waals surface area contributed by atoms with Crippen LogP contribution in [0.1, 0.15) is 27.4 Å². The van der Waals surface area contributed by atoms with Gasteiger partial charge in [0.1, 0.15) is 5.82 Å². The SMILES string of the molecule is O=C(c1ccc(Cl)cc1F)C1CNCc2ccccc21. The zero-order valence-corrected chi connectivity index (χ0v) is 11.5. The smallest absolute Gasteiger partial charge is 0.174 e. The van der Waals surface area contributed by atoms with Crippen molar-refractivity contribution in [3.05, 3.63) is 70.0 Å². The highest BCUT2D eigenvalue weighted by molar-refractivity contribution is 6.30. The molecular formula is C16H13ClFNO. The summed E-state index contributed by atoms with van der Waals surface area (Å²) in [6.07, 6.45) is 0. The van der Waals surface area contributed by atoms with Crippen molar-refractivity contribution in [2.75, 3.05) is 6.54 Å². The molecule has 102 valence electrons. The lowest BCUT2D eigenvalue weighted by molar-refractivity contribution is 0.0951. The lowest BCUT2D eigenvalue weighted by atomic mass is 9.85. The quantitative estimate of drug-likeness (QED) is 0.857. The molecule has 0 fully saturated rings. The van der Waals surface area contributed by atoms with Gasteiger partial charge in [0.15, 0.2) is 5.78 Å². The first-order chi connectivity index (χ1) is 9.66. The van der Waals surface area contributed by atoms with Crippen molar-refractivity contribution in [1.29, 1.82) is 0 Å².